The third-order valence-electron chi connectivity index (χ3n) is 2.90. The molecule has 0 aromatic heterocycles. The summed E-state index contributed by atoms with van der Waals surface area (Å²) in [6.07, 6.45) is 6.84. The molecule has 2 aliphatic heterocycles. The van der Waals surface area contributed by atoms with Gasteiger partial charge in [-0.3, -0.25) is 4.84 Å². The minimum atomic E-state index is 0.486. The molecule has 3 heteroatoms. The summed E-state index contributed by atoms with van der Waals surface area (Å²) in [7, 11) is 0. The second-order valence-electron chi connectivity index (χ2n) is 4.04. The van der Waals surface area contributed by atoms with E-state index in [9.17, 15) is 0 Å². The molecule has 76 valence electrons. The first kappa shape index (κ1) is 9.44. The van der Waals surface area contributed by atoms with Gasteiger partial charge in [0.05, 0.1) is 6.10 Å². The molecule has 0 spiro atoms. The molecule has 2 rings (SSSR count). The molecule has 3 nitrogen and oxygen atoms in total. The fourth-order valence-corrected chi connectivity index (χ4v) is 2.08. The van der Waals surface area contributed by atoms with Gasteiger partial charge in [0.25, 0.3) is 0 Å². The molecule has 0 amide bonds. The van der Waals surface area contributed by atoms with E-state index in [1.54, 1.807) is 0 Å². The molecule has 13 heavy (non-hydrogen) atoms. The Kier molecular flexibility index (Phi) is 3.58. The van der Waals surface area contributed by atoms with Gasteiger partial charge in [0.1, 0.15) is 0 Å². The van der Waals surface area contributed by atoms with Crippen molar-refractivity contribution in [2.45, 2.75) is 38.2 Å². The summed E-state index contributed by atoms with van der Waals surface area (Å²) in [5.74, 6) is 0. The lowest BCUT2D eigenvalue weighted by Gasteiger charge is -2.32. The van der Waals surface area contributed by atoms with Gasteiger partial charge in [0.2, 0.25) is 0 Å². The maximum atomic E-state index is 5.93. The lowest BCUT2D eigenvalue weighted by Crippen LogP contribution is -2.39. The normalized spacial score (nSPS) is 27.7. The van der Waals surface area contributed by atoms with Crippen LogP contribution in [0.15, 0.2) is 0 Å². The Morgan fingerprint density at radius 2 is 1.69 bits per heavy atom. The third-order valence-corrected chi connectivity index (χ3v) is 2.90. The molecule has 0 radical (unpaired) electrons. The minimum absolute atomic E-state index is 0.486. The Morgan fingerprint density at radius 3 is 2.38 bits per heavy atom. The summed E-state index contributed by atoms with van der Waals surface area (Å²) < 4.78 is 0. The van der Waals surface area contributed by atoms with Gasteiger partial charge in [0, 0.05) is 13.1 Å². The summed E-state index contributed by atoms with van der Waals surface area (Å²) >= 11 is 0. The van der Waals surface area contributed by atoms with Crippen molar-refractivity contribution in [1.82, 2.24) is 10.4 Å². The highest BCUT2D eigenvalue weighted by molar-refractivity contribution is 4.68. The van der Waals surface area contributed by atoms with Crippen LogP contribution in [0.5, 0.6) is 0 Å². The summed E-state index contributed by atoms with van der Waals surface area (Å²) in [5, 5.41) is 5.53. The van der Waals surface area contributed by atoms with Gasteiger partial charge in [-0.1, -0.05) is 6.42 Å². The van der Waals surface area contributed by atoms with Crippen molar-refractivity contribution >= 4 is 0 Å². The van der Waals surface area contributed by atoms with Gasteiger partial charge in [0.15, 0.2) is 0 Å². The van der Waals surface area contributed by atoms with E-state index < -0.39 is 0 Å². The monoisotopic (exact) mass is 184 g/mol. The number of hydrogen-bond donors (Lipinski definition) is 1. The second kappa shape index (κ2) is 4.94. The third kappa shape index (κ3) is 2.93. The molecular formula is C10H20N2O. The number of nitrogens with one attached hydrogen (secondary N) is 1. The Morgan fingerprint density at radius 1 is 1.00 bits per heavy atom. The van der Waals surface area contributed by atoms with E-state index in [0.717, 1.165) is 26.2 Å². The van der Waals surface area contributed by atoms with Gasteiger partial charge >= 0.3 is 0 Å². The van der Waals surface area contributed by atoms with Crippen molar-refractivity contribution in [2.24, 2.45) is 0 Å². The first-order valence-corrected chi connectivity index (χ1v) is 5.57. The number of hydrogen-bond acceptors (Lipinski definition) is 3. The topological polar surface area (TPSA) is 24.5 Å². The van der Waals surface area contributed by atoms with Crippen LogP contribution in [0, 0.1) is 0 Å². The van der Waals surface area contributed by atoms with E-state index in [-0.39, 0.29) is 0 Å². The van der Waals surface area contributed by atoms with Crippen LogP contribution in [0.2, 0.25) is 0 Å². The lowest BCUT2D eigenvalue weighted by molar-refractivity contribution is -0.210. The van der Waals surface area contributed by atoms with Crippen molar-refractivity contribution in [2.75, 3.05) is 26.2 Å². The van der Waals surface area contributed by atoms with Crippen molar-refractivity contribution in [3.63, 3.8) is 0 Å². The molecular weight excluding hydrogens is 164 g/mol. The molecule has 1 N–H and O–H groups in total. The van der Waals surface area contributed by atoms with Crippen LogP contribution in [0.3, 0.4) is 0 Å². The number of nitrogens with zero attached hydrogens (tertiary/aromatic N) is 1. The molecule has 0 atom stereocenters. The fourth-order valence-electron chi connectivity index (χ4n) is 2.08. The molecule has 0 bridgehead atoms. The van der Waals surface area contributed by atoms with Gasteiger partial charge in [-0.05, 0) is 38.8 Å². The fraction of sp³-hybridized carbons (Fsp3) is 1.00. The van der Waals surface area contributed by atoms with Crippen LogP contribution in [0.4, 0.5) is 0 Å². The first-order valence-electron chi connectivity index (χ1n) is 5.57. The average Bonchev–Trinajstić information content (AvgIpc) is 2.21. The van der Waals surface area contributed by atoms with Crippen LogP contribution in [0.25, 0.3) is 0 Å². The molecule has 0 aromatic rings. The zero-order valence-corrected chi connectivity index (χ0v) is 8.30. The van der Waals surface area contributed by atoms with E-state index in [1.807, 2.05) is 0 Å². The van der Waals surface area contributed by atoms with Crippen molar-refractivity contribution < 1.29 is 4.84 Å². The van der Waals surface area contributed by atoms with Crippen LogP contribution in [-0.4, -0.2) is 37.3 Å². The zero-order chi connectivity index (χ0) is 8.93. The maximum Gasteiger partial charge on any atom is 0.0817 e. The SMILES string of the molecule is C1CCN(OC2CCNCC2)CC1. The highest BCUT2D eigenvalue weighted by Crippen LogP contribution is 2.14. The molecule has 2 saturated heterocycles. The largest absolute Gasteiger partial charge is 0.317 e. The van der Waals surface area contributed by atoms with Crippen molar-refractivity contribution in [1.29, 1.82) is 0 Å². The molecule has 0 unspecified atom stereocenters. The van der Waals surface area contributed by atoms with Crippen LogP contribution in [-0.2, 0) is 4.84 Å². The Hall–Kier alpha value is -0.120. The summed E-state index contributed by atoms with van der Waals surface area (Å²) in [4.78, 5) is 5.93. The standard InChI is InChI=1S/C10H20N2O/c1-2-8-12(9-3-1)13-10-4-6-11-7-5-10/h10-11H,1-9H2. The predicted molar refractivity (Wildman–Crippen MR) is 52.4 cm³/mol. The van der Waals surface area contributed by atoms with E-state index in [4.69, 9.17) is 4.84 Å². The second-order valence-corrected chi connectivity index (χ2v) is 4.04. The van der Waals surface area contributed by atoms with Gasteiger partial charge in [-0.15, -0.1) is 0 Å². The molecule has 2 fully saturated rings. The molecule has 0 aliphatic carbocycles. The predicted octanol–water partition coefficient (Wildman–Crippen LogP) is 1.16. The highest BCUT2D eigenvalue weighted by Gasteiger charge is 2.18. The quantitative estimate of drug-likeness (QED) is 0.697. The van der Waals surface area contributed by atoms with Gasteiger partial charge in [-0.2, -0.15) is 5.06 Å². The van der Waals surface area contributed by atoms with Crippen molar-refractivity contribution in [3.05, 3.63) is 0 Å². The Balaban J connectivity index is 1.69. The Bertz CT molecular complexity index is 124. The van der Waals surface area contributed by atoms with E-state index in [0.29, 0.717) is 6.10 Å². The van der Waals surface area contributed by atoms with E-state index in [1.165, 1.54) is 32.1 Å². The zero-order valence-electron chi connectivity index (χ0n) is 8.30. The smallest absolute Gasteiger partial charge is 0.0817 e. The van der Waals surface area contributed by atoms with E-state index in [2.05, 4.69) is 10.4 Å². The Labute approximate surface area is 80.4 Å². The number of hydroxylamine groups is 2. The summed E-state index contributed by atoms with van der Waals surface area (Å²) in [6.45, 7) is 4.53. The molecule has 0 saturated carbocycles. The average molecular weight is 184 g/mol. The summed E-state index contributed by atoms with van der Waals surface area (Å²) in [6, 6.07) is 0. The van der Waals surface area contributed by atoms with Crippen LogP contribution in [0.1, 0.15) is 32.1 Å². The van der Waals surface area contributed by atoms with Crippen LogP contribution >= 0.6 is 0 Å². The number of piperidine rings is 2. The lowest BCUT2D eigenvalue weighted by atomic mass is 10.1. The molecule has 2 aliphatic rings. The van der Waals surface area contributed by atoms with Gasteiger partial charge < -0.3 is 5.32 Å². The maximum absolute atomic E-state index is 5.93. The first-order chi connectivity index (χ1) is 6.45. The highest BCUT2D eigenvalue weighted by atomic mass is 16.7. The minimum Gasteiger partial charge on any atom is -0.317 e. The van der Waals surface area contributed by atoms with Crippen molar-refractivity contribution in [3.8, 4) is 0 Å². The molecule has 0 aromatic carbocycles. The summed E-state index contributed by atoms with van der Waals surface area (Å²) in [5.41, 5.74) is 0. The van der Waals surface area contributed by atoms with Gasteiger partial charge in [-0.25, -0.2) is 0 Å². The van der Waals surface area contributed by atoms with Crippen LogP contribution < -0.4 is 5.32 Å². The van der Waals surface area contributed by atoms with E-state index >= 15 is 0 Å². The number of rotatable bonds is 2. The molecule has 2 heterocycles.